The van der Waals surface area contributed by atoms with Crippen molar-refractivity contribution in [3.05, 3.63) is 52.3 Å². The first kappa shape index (κ1) is 15.6. The zero-order valence-electron chi connectivity index (χ0n) is 10.2. The lowest BCUT2D eigenvalue weighted by molar-refractivity contribution is 0.553. The van der Waals surface area contributed by atoms with Crippen LogP contribution in [0.4, 0.5) is 24.5 Å². The van der Waals surface area contributed by atoms with Gasteiger partial charge in [0.05, 0.1) is 15.8 Å². The van der Waals surface area contributed by atoms with Gasteiger partial charge in [-0.3, -0.25) is 4.72 Å². The zero-order valence-corrected chi connectivity index (χ0v) is 12.6. The molecule has 0 unspecified atom stereocenters. The maximum absolute atomic E-state index is 13.6. The maximum atomic E-state index is 13.6. The molecule has 112 valence electrons. The molecule has 4 nitrogen and oxygen atoms in total. The number of anilines is 2. The number of hydrogen-bond donors (Lipinski definition) is 2. The summed E-state index contributed by atoms with van der Waals surface area (Å²) in [5, 5.41) is 0. The normalized spacial score (nSPS) is 11.4. The van der Waals surface area contributed by atoms with Crippen LogP contribution in [-0.4, -0.2) is 8.42 Å². The Morgan fingerprint density at radius 1 is 1.00 bits per heavy atom. The van der Waals surface area contributed by atoms with Crippen molar-refractivity contribution in [1.29, 1.82) is 0 Å². The minimum atomic E-state index is -4.33. The van der Waals surface area contributed by atoms with E-state index in [1.54, 1.807) is 0 Å². The Morgan fingerprint density at radius 3 is 2.29 bits per heavy atom. The van der Waals surface area contributed by atoms with Crippen molar-refractivity contribution in [2.75, 3.05) is 10.5 Å². The molecule has 0 spiro atoms. The van der Waals surface area contributed by atoms with Gasteiger partial charge in [0, 0.05) is 6.07 Å². The fourth-order valence-corrected chi connectivity index (χ4v) is 3.04. The molecule has 2 rings (SSSR count). The van der Waals surface area contributed by atoms with Gasteiger partial charge in [-0.2, -0.15) is 0 Å². The molecule has 2 aromatic rings. The van der Waals surface area contributed by atoms with Crippen LogP contribution in [0.1, 0.15) is 0 Å². The minimum absolute atomic E-state index is 0.00516. The van der Waals surface area contributed by atoms with Gasteiger partial charge < -0.3 is 5.73 Å². The van der Waals surface area contributed by atoms with Crippen molar-refractivity contribution in [3.63, 3.8) is 0 Å². The van der Waals surface area contributed by atoms with Crippen molar-refractivity contribution in [1.82, 2.24) is 0 Å². The first-order valence-corrected chi connectivity index (χ1v) is 7.71. The number of nitrogens with one attached hydrogen (secondary N) is 1. The first-order chi connectivity index (χ1) is 9.70. The summed E-state index contributed by atoms with van der Waals surface area (Å²) in [7, 11) is -4.33. The van der Waals surface area contributed by atoms with Crippen LogP contribution in [0.5, 0.6) is 0 Å². The van der Waals surface area contributed by atoms with E-state index in [0.717, 1.165) is 18.2 Å². The second-order valence-corrected chi connectivity index (χ2v) is 6.54. The molecule has 0 aliphatic carbocycles. The topological polar surface area (TPSA) is 72.2 Å². The highest BCUT2D eigenvalue weighted by Gasteiger charge is 2.21. The summed E-state index contributed by atoms with van der Waals surface area (Å²) >= 11 is 2.89. The average Bonchev–Trinajstić information content (AvgIpc) is 2.37. The molecule has 0 bridgehead atoms. The largest absolute Gasteiger partial charge is 0.396 e. The summed E-state index contributed by atoms with van der Waals surface area (Å²) in [6.45, 7) is 0. The molecule has 0 aliphatic rings. The van der Waals surface area contributed by atoms with E-state index in [4.69, 9.17) is 5.73 Å². The van der Waals surface area contributed by atoms with Crippen LogP contribution in [-0.2, 0) is 10.0 Å². The number of nitrogen functional groups attached to an aromatic ring is 1. The fourth-order valence-electron chi connectivity index (χ4n) is 1.52. The summed E-state index contributed by atoms with van der Waals surface area (Å²) < 4.78 is 65.9. The highest BCUT2D eigenvalue weighted by atomic mass is 79.9. The number of nitrogens with two attached hydrogens (primary N) is 1. The fraction of sp³-hybridized carbons (Fsp3) is 0. The van der Waals surface area contributed by atoms with Crippen LogP contribution in [0.2, 0.25) is 0 Å². The van der Waals surface area contributed by atoms with Gasteiger partial charge in [-0.05, 0) is 40.2 Å². The second-order valence-electron chi connectivity index (χ2n) is 4.04. The van der Waals surface area contributed by atoms with Crippen molar-refractivity contribution in [2.45, 2.75) is 4.90 Å². The van der Waals surface area contributed by atoms with E-state index in [9.17, 15) is 21.6 Å². The predicted octanol–water partition coefficient (Wildman–Crippen LogP) is 3.25. The molecule has 0 radical (unpaired) electrons. The van der Waals surface area contributed by atoms with E-state index in [1.807, 2.05) is 4.72 Å². The van der Waals surface area contributed by atoms with Crippen LogP contribution < -0.4 is 10.5 Å². The Balaban J connectivity index is 2.43. The van der Waals surface area contributed by atoms with Gasteiger partial charge in [0.2, 0.25) is 0 Å². The van der Waals surface area contributed by atoms with Crippen LogP contribution in [0.15, 0.2) is 39.7 Å². The molecular formula is C12H8BrF3N2O2S. The van der Waals surface area contributed by atoms with E-state index in [2.05, 4.69) is 15.9 Å². The quantitative estimate of drug-likeness (QED) is 0.802. The molecule has 0 saturated carbocycles. The third-order valence-corrected chi connectivity index (χ3v) is 4.52. The molecule has 3 N–H and O–H groups in total. The molecule has 9 heteroatoms. The summed E-state index contributed by atoms with van der Waals surface area (Å²) in [4.78, 5) is -0.804. The second kappa shape index (κ2) is 5.57. The summed E-state index contributed by atoms with van der Waals surface area (Å²) in [6.07, 6.45) is 0. The van der Waals surface area contributed by atoms with E-state index >= 15 is 0 Å². The number of halogens is 4. The van der Waals surface area contributed by atoms with Gasteiger partial charge in [-0.15, -0.1) is 0 Å². The first-order valence-electron chi connectivity index (χ1n) is 5.43. The highest BCUT2D eigenvalue weighted by molar-refractivity contribution is 9.10. The van der Waals surface area contributed by atoms with Gasteiger partial charge >= 0.3 is 0 Å². The van der Waals surface area contributed by atoms with Crippen LogP contribution in [0, 0.1) is 17.5 Å². The monoisotopic (exact) mass is 380 g/mol. The summed E-state index contributed by atoms with van der Waals surface area (Å²) in [5.74, 6) is -2.93. The number of sulfonamides is 1. The molecule has 0 amide bonds. The van der Waals surface area contributed by atoms with Crippen molar-refractivity contribution in [3.8, 4) is 0 Å². The minimum Gasteiger partial charge on any atom is -0.396 e. The van der Waals surface area contributed by atoms with Crippen LogP contribution in [0.25, 0.3) is 0 Å². The maximum Gasteiger partial charge on any atom is 0.264 e. The summed E-state index contributed by atoms with van der Waals surface area (Å²) in [5.41, 5.74) is 4.74. The molecule has 0 atom stereocenters. The van der Waals surface area contributed by atoms with Gasteiger partial charge in [0.25, 0.3) is 10.0 Å². The molecule has 0 aliphatic heterocycles. The van der Waals surface area contributed by atoms with E-state index in [-0.39, 0.29) is 10.2 Å². The third-order valence-electron chi connectivity index (χ3n) is 2.51. The lowest BCUT2D eigenvalue weighted by atomic mass is 10.3. The molecule has 21 heavy (non-hydrogen) atoms. The van der Waals surface area contributed by atoms with E-state index in [1.165, 1.54) is 0 Å². The van der Waals surface area contributed by atoms with E-state index in [0.29, 0.717) is 12.1 Å². The third kappa shape index (κ3) is 3.30. The van der Waals surface area contributed by atoms with E-state index < -0.39 is 38.1 Å². The zero-order chi connectivity index (χ0) is 15.8. The Labute approximate surface area is 127 Å². The Hall–Kier alpha value is -1.74. The molecule has 0 aromatic heterocycles. The predicted molar refractivity (Wildman–Crippen MR) is 75.7 cm³/mol. The Morgan fingerprint density at radius 2 is 1.67 bits per heavy atom. The van der Waals surface area contributed by atoms with Gasteiger partial charge in [-0.1, -0.05) is 0 Å². The SMILES string of the molecule is Nc1cc(S(=O)(=O)Nc2ccc(F)c(Br)c2)c(F)cc1F. The Kier molecular flexibility index (Phi) is 4.15. The molecule has 0 fully saturated rings. The Bertz CT molecular complexity index is 812. The lowest BCUT2D eigenvalue weighted by Crippen LogP contribution is -2.15. The molecule has 0 saturated heterocycles. The van der Waals surface area contributed by atoms with Gasteiger partial charge in [0.15, 0.2) is 0 Å². The standard InChI is InChI=1S/C12H8BrF3N2O2S/c13-7-3-6(1-2-8(7)14)18-21(19,20)12-5-11(17)9(15)4-10(12)16/h1-5,18H,17H2. The van der Waals surface area contributed by atoms with Crippen molar-refractivity contribution in [2.24, 2.45) is 0 Å². The highest BCUT2D eigenvalue weighted by Crippen LogP contribution is 2.25. The van der Waals surface area contributed by atoms with Crippen molar-refractivity contribution < 1.29 is 21.6 Å². The lowest BCUT2D eigenvalue weighted by Gasteiger charge is -2.10. The molecule has 0 heterocycles. The average molecular weight is 381 g/mol. The van der Waals surface area contributed by atoms with Crippen LogP contribution in [0.3, 0.4) is 0 Å². The summed E-state index contributed by atoms with van der Waals surface area (Å²) in [6, 6.07) is 4.40. The smallest absolute Gasteiger partial charge is 0.264 e. The van der Waals surface area contributed by atoms with Crippen molar-refractivity contribution >= 4 is 37.3 Å². The van der Waals surface area contributed by atoms with Crippen LogP contribution >= 0.6 is 15.9 Å². The number of benzene rings is 2. The van der Waals surface area contributed by atoms with Gasteiger partial charge in [-0.25, -0.2) is 21.6 Å². The number of hydrogen-bond acceptors (Lipinski definition) is 3. The van der Waals surface area contributed by atoms with Gasteiger partial charge in [0.1, 0.15) is 22.3 Å². The molecular weight excluding hydrogens is 373 g/mol. The number of rotatable bonds is 3. The molecule has 2 aromatic carbocycles.